The first-order valence-corrected chi connectivity index (χ1v) is 11.1. The number of carbonyl (C=O) groups is 2. The molecule has 0 unspecified atom stereocenters. The maximum atomic E-state index is 12.9. The first-order valence-electron chi connectivity index (χ1n) is 9.59. The van der Waals surface area contributed by atoms with Gasteiger partial charge < -0.3 is 14.9 Å². The molecule has 0 aliphatic carbocycles. The van der Waals surface area contributed by atoms with Crippen LogP contribution in [0, 0.1) is 0 Å². The van der Waals surface area contributed by atoms with Crippen molar-refractivity contribution in [3.8, 4) is 0 Å². The number of carbonyl (C=O) groups excluding carboxylic acids is 1. The molecule has 0 radical (unpaired) electrons. The standard InChI is InChI=1S/C21H20N4O5S/c26-20(24-11-13-25(14-12-24)21(27)28)16-6-8-17(9-7-16)23-31(29,30)18-5-1-3-15-4-2-10-22-19(15)18/h1-10,23H,11-14H2,(H,27,28). The SMILES string of the molecule is O=C(O)N1CCN(C(=O)c2ccc(NS(=O)(=O)c3cccc4cccnc34)cc2)CC1. The molecule has 0 bridgehead atoms. The molecule has 2 aromatic carbocycles. The largest absolute Gasteiger partial charge is 0.465 e. The number of sulfonamides is 1. The van der Waals surface area contributed by atoms with Crippen LogP contribution in [0.1, 0.15) is 10.4 Å². The van der Waals surface area contributed by atoms with E-state index in [1.54, 1.807) is 41.3 Å². The lowest BCUT2D eigenvalue weighted by Crippen LogP contribution is -2.50. The second kappa shape index (κ2) is 8.23. The molecule has 2 heterocycles. The lowest BCUT2D eigenvalue weighted by Gasteiger charge is -2.33. The maximum absolute atomic E-state index is 12.9. The Bertz CT molecular complexity index is 1230. The molecule has 1 aliphatic rings. The molecule has 2 N–H and O–H groups in total. The van der Waals surface area contributed by atoms with Crippen LogP contribution in [0.3, 0.4) is 0 Å². The van der Waals surface area contributed by atoms with Gasteiger partial charge in [-0.3, -0.25) is 14.5 Å². The fraction of sp³-hybridized carbons (Fsp3) is 0.190. The topological polar surface area (TPSA) is 120 Å². The molecular formula is C21H20N4O5S. The molecule has 160 valence electrons. The minimum absolute atomic E-state index is 0.0713. The number of hydrogen-bond acceptors (Lipinski definition) is 5. The van der Waals surface area contributed by atoms with Gasteiger partial charge >= 0.3 is 6.09 Å². The molecule has 9 nitrogen and oxygen atoms in total. The van der Waals surface area contributed by atoms with Crippen LogP contribution in [0.2, 0.25) is 0 Å². The van der Waals surface area contributed by atoms with E-state index < -0.39 is 16.1 Å². The van der Waals surface area contributed by atoms with Crippen LogP contribution in [0.25, 0.3) is 10.9 Å². The van der Waals surface area contributed by atoms with E-state index in [2.05, 4.69) is 9.71 Å². The van der Waals surface area contributed by atoms with E-state index in [9.17, 15) is 18.0 Å². The number of carboxylic acid groups (broad SMARTS) is 1. The highest BCUT2D eigenvalue weighted by Crippen LogP contribution is 2.23. The molecule has 0 saturated carbocycles. The maximum Gasteiger partial charge on any atom is 0.407 e. The van der Waals surface area contributed by atoms with Crippen molar-refractivity contribution in [2.45, 2.75) is 4.90 Å². The van der Waals surface area contributed by atoms with Crippen LogP contribution in [0.5, 0.6) is 0 Å². The second-order valence-corrected chi connectivity index (χ2v) is 8.73. The van der Waals surface area contributed by atoms with Gasteiger partial charge in [-0.05, 0) is 36.4 Å². The summed E-state index contributed by atoms with van der Waals surface area (Å²) in [6.45, 7) is 1.15. The highest BCUT2D eigenvalue weighted by Gasteiger charge is 2.24. The summed E-state index contributed by atoms with van der Waals surface area (Å²) in [5, 5.41) is 9.72. The molecule has 1 saturated heterocycles. The van der Waals surface area contributed by atoms with Crippen molar-refractivity contribution >= 4 is 38.6 Å². The fourth-order valence-electron chi connectivity index (χ4n) is 3.47. The molecule has 4 rings (SSSR count). The summed E-state index contributed by atoms with van der Waals surface area (Å²) in [5.74, 6) is -0.224. The number of piperazine rings is 1. The van der Waals surface area contributed by atoms with E-state index in [0.717, 1.165) is 0 Å². The van der Waals surface area contributed by atoms with E-state index >= 15 is 0 Å². The average Bonchev–Trinajstić information content (AvgIpc) is 2.78. The Labute approximate surface area is 179 Å². The molecule has 31 heavy (non-hydrogen) atoms. The van der Waals surface area contributed by atoms with Crippen LogP contribution in [0.4, 0.5) is 10.5 Å². The summed E-state index contributed by atoms with van der Waals surface area (Å²) in [7, 11) is -3.88. The van der Waals surface area contributed by atoms with E-state index in [4.69, 9.17) is 5.11 Å². The summed E-state index contributed by atoms with van der Waals surface area (Å²) in [6, 6.07) is 14.6. The van der Waals surface area contributed by atoms with Crippen LogP contribution in [-0.2, 0) is 10.0 Å². The highest BCUT2D eigenvalue weighted by atomic mass is 32.2. The molecule has 1 aromatic heterocycles. The van der Waals surface area contributed by atoms with Gasteiger partial charge in [-0.25, -0.2) is 13.2 Å². The number of nitrogens with zero attached hydrogens (tertiary/aromatic N) is 3. The molecule has 0 atom stereocenters. The number of nitrogens with one attached hydrogen (secondary N) is 1. The Hall–Kier alpha value is -3.66. The normalized spacial score (nSPS) is 14.5. The molecule has 0 spiro atoms. The molecule has 10 heteroatoms. The Kier molecular flexibility index (Phi) is 5.47. The zero-order valence-electron chi connectivity index (χ0n) is 16.4. The Morgan fingerprint density at radius 1 is 0.903 bits per heavy atom. The lowest BCUT2D eigenvalue weighted by atomic mass is 10.1. The summed E-state index contributed by atoms with van der Waals surface area (Å²) < 4.78 is 28.3. The van der Waals surface area contributed by atoms with Gasteiger partial charge in [0.15, 0.2) is 0 Å². The van der Waals surface area contributed by atoms with E-state index in [-0.39, 0.29) is 23.9 Å². The van der Waals surface area contributed by atoms with Gasteiger partial charge in [0.1, 0.15) is 4.90 Å². The number of anilines is 1. The molecule has 1 aliphatic heterocycles. The van der Waals surface area contributed by atoms with Crippen LogP contribution < -0.4 is 4.72 Å². The van der Waals surface area contributed by atoms with E-state index in [1.807, 2.05) is 0 Å². The van der Waals surface area contributed by atoms with E-state index in [1.165, 1.54) is 29.3 Å². The van der Waals surface area contributed by atoms with Gasteiger partial charge in [0.2, 0.25) is 0 Å². The van der Waals surface area contributed by atoms with Crippen molar-refractivity contribution < 1.29 is 23.1 Å². The van der Waals surface area contributed by atoms with Crippen molar-refractivity contribution in [3.05, 3.63) is 66.4 Å². The Morgan fingerprint density at radius 2 is 1.55 bits per heavy atom. The highest BCUT2D eigenvalue weighted by molar-refractivity contribution is 7.93. The minimum atomic E-state index is -3.88. The summed E-state index contributed by atoms with van der Waals surface area (Å²) in [5.41, 5.74) is 1.10. The van der Waals surface area contributed by atoms with Crippen LogP contribution in [0.15, 0.2) is 65.7 Å². The molecule has 3 aromatic rings. The second-order valence-electron chi connectivity index (χ2n) is 7.08. The first-order chi connectivity index (χ1) is 14.8. The molecular weight excluding hydrogens is 420 g/mol. The zero-order valence-corrected chi connectivity index (χ0v) is 17.2. The Morgan fingerprint density at radius 3 is 2.23 bits per heavy atom. The number of amides is 2. The third-order valence-corrected chi connectivity index (χ3v) is 6.52. The average molecular weight is 440 g/mol. The predicted octanol–water partition coefficient (Wildman–Crippen LogP) is 2.47. The number of para-hydroxylation sites is 1. The smallest absolute Gasteiger partial charge is 0.407 e. The van der Waals surface area contributed by atoms with Gasteiger partial charge in [-0.1, -0.05) is 18.2 Å². The number of benzene rings is 2. The molecule has 1 fully saturated rings. The summed E-state index contributed by atoms with van der Waals surface area (Å²) in [6.07, 6.45) is 0.544. The number of fused-ring (bicyclic) bond motifs is 1. The predicted molar refractivity (Wildman–Crippen MR) is 114 cm³/mol. The van der Waals surface area contributed by atoms with Crippen LogP contribution >= 0.6 is 0 Å². The number of aromatic nitrogens is 1. The van der Waals surface area contributed by atoms with Crippen molar-refractivity contribution in [3.63, 3.8) is 0 Å². The quantitative estimate of drug-likeness (QED) is 0.643. The van der Waals surface area contributed by atoms with Crippen molar-refractivity contribution in [2.24, 2.45) is 0 Å². The number of rotatable bonds is 4. The van der Waals surface area contributed by atoms with E-state index in [0.29, 0.717) is 35.2 Å². The van der Waals surface area contributed by atoms with Crippen LogP contribution in [-0.4, -0.2) is 66.5 Å². The van der Waals surface area contributed by atoms with Gasteiger partial charge in [0.05, 0.1) is 5.52 Å². The van der Waals surface area contributed by atoms with Crippen molar-refractivity contribution in [1.29, 1.82) is 0 Å². The Balaban J connectivity index is 1.48. The minimum Gasteiger partial charge on any atom is -0.465 e. The van der Waals surface area contributed by atoms with Gasteiger partial charge in [-0.2, -0.15) is 0 Å². The molecule has 2 amide bonds. The fourth-order valence-corrected chi connectivity index (χ4v) is 4.71. The van der Waals surface area contributed by atoms with Crippen molar-refractivity contribution in [1.82, 2.24) is 14.8 Å². The third-order valence-electron chi connectivity index (χ3n) is 5.11. The zero-order chi connectivity index (χ0) is 22.0. The summed E-state index contributed by atoms with van der Waals surface area (Å²) in [4.78, 5) is 30.8. The number of pyridine rings is 1. The lowest BCUT2D eigenvalue weighted by molar-refractivity contribution is 0.0625. The monoisotopic (exact) mass is 440 g/mol. The van der Waals surface area contributed by atoms with Gasteiger partial charge in [0.25, 0.3) is 15.9 Å². The number of hydrogen-bond donors (Lipinski definition) is 2. The van der Waals surface area contributed by atoms with Crippen molar-refractivity contribution in [2.75, 3.05) is 30.9 Å². The van der Waals surface area contributed by atoms with Gasteiger partial charge in [0, 0.05) is 49.0 Å². The third kappa shape index (κ3) is 4.29. The first kappa shape index (κ1) is 20.6. The van der Waals surface area contributed by atoms with Gasteiger partial charge in [-0.15, -0.1) is 0 Å². The summed E-state index contributed by atoms with van der Waals surface area (Å²) >= 11 is 0.